The third-order valence-electron chi connectivity index (χ3n) is 3.67. The summed E-state index contributed by atoms with van der Waals surface area (Å²) in [6, 6.07) is 9.99. The molecule has 0 spiro atoms. The summed E-state index contributed by atoms with van der Waals surface area (Å²) in [5.74, 6) is 1.32. The van der Waals surface area contributed by atoms with Crippen molar-refractivity contribution in [1.82, 2.24) is 5.32 Å². The van der Waals surface area contributed by atoms with E-state index >= 15 is 0 Å². The summed E-state index contributed by atoms with van der Waals surface area (Å²) in [5.41, 5.74) is 1.05. The van der Waals surface area contributed by atoms with Gasteiger partial charge in [-0.15, -0.1) is 0 Å². The highest BCUT2D eigenvalue weighted by atomic mass is 16.3. The van der Waals surface area contributed by atoms with Crippen LogP contribution in [0.15, 0.2) is 30.3 Å². The Morgan fingerprint density at radius 2 is 2.12 bits per heavy atom. The van der Waals surface area contributed by atoms with E-state index in [1.54, 1.807) is 0 Å². The molecule has 2 heteroatoms. The number of benzene rings is 1. The molecule has 1 saturated heterocycles. The van der Waals surface area contributed by atoms with Crippen LogP contribution in [0.4, 0.5) is 0 Å². The Bertz CT molecular complexity index is 312. The monoisotopic (exact) mass is 219 g/mol. The van der Waals surface area contributed by atoms with E-state index in [0.717, 1.165) is 25.1 Å². The zero-order valence-electron chi connectivity index (χ0n) is 9.89. The highest BCUT2D eigenvalue weighted by molar-refractivity contribution is 5.17. The quantitative estimate of drug-likeness (QED) is 0.818. The van der Waals surface area contributed by atoms with Crippen molar-refractivity contribution in [2.24, 2.45) is 11.8 Å². The lowest BCUT2D eigenvalue weighted by Gasteiger charge is -2.31. The van der Waals surface area contributed by atoms with Crippen molar-refractivity contribution >= 4 is 0 Å². The standard InChI is InChI=1S/C14H21NO/c1-11-10-15-8-7-13(11)9-14(16)12-5-3-2-4-6-12/h2-6,11,13-16H,7-10H2,1H3/t11-,13+,14-/m0/s1. The first-order valence-electron chi connectivity index (χ1n) is 6.21. The maximum atomic E-state index is 10.2. The van der Waals surface area contributed by atoms with Gasteiger partial charge in [-0.3, -0.25) is 0 Å². The molecule has 0 aromatic heterocycles. The van der Waals surface area contributed by atoms with Gasteiger partial charge in [0.15, 0.2) is 0 Å². The van der Waals surface area contributed by atoms with Gasteiger partial charge in [0.2, 0.25) is 0 Å². The van der Waals surface area contributed by atoms with Crippen LogP contribution in [0, 0.1) is 11.8 Å². The molecule has 1 heterocycles. The average molecular weight is 219 g/mol. The third kappa shape index (κ3) is 2.83. The summed E-state index contributed by atoms with van der Waals surface area (Å²) in [6.45, 7) is 4.46. The number of piperidine rings is 1. The second-order valence-electron chi connectivity index (χ2n) is 4.89. The van der Waals surface area contributed by atoms with Crippen molar-refractivity contribution in [2.45, 2.75) is 25.9 Å². The second-order valence-corrected chi connectivity index (χ2v) is 4.89. The van der Waals surface area contributed by atoms with Gasteiger partial charge >= 0.3 is 0 Å². The van der Waals surface area contributed by atoms with Crippen LogP contribution < -0.4 is 5.32 Å². The summed E-state index contributed by atoms with van der Waals surface area (Å²) < 4.78 is 0. The highest BCUT2D eigenvalue weighted by Gasteiger charge is 2.23. The van der Waals surface area contributed by atoms with Crippen molar-refractivity contribution in [3.8, 4) is 0 Å². The predicted molar refractivity (Wildman–Crippen MR) is 66.2 cm³/mol. The Morgan fingerprint density at radius 3 is 2.81 bits per heavy atom. The largest absolute Gasteiger partial charge is 0.388 e. The molecule has 0 amide bonds. The van der Waals surface area contributed by atoms with Crippen molar-refractivity contribution < 1.29 is 5.11 Å². The van der Waals surface area contributed by atoms with E-state index in [9.17, 15) is 5.11 Å². The van der Waals surface area contributed by atoms with Crippen molar-refractivity contribution in [1.29, 1.82) is 0 Å². The fourth-order valence-corrected chi connectivity index (χ4v) is 2.52. The predicted octanol–water partition coefficient (Wildman–Crippen LogP) is 2.36. The Hall–Kier alpha value is -0.860. The number of aliphatic hydroxyl groups is 1. The molecule has 2 rings (SSSR count). The van der Waals surface area contributed by atoms with Gasteiger partial charge in [0.1, 0.15) is 0 Å². The minimum Gasteiger partial charge on any atom is -0.388 e. The Labute approximate surface area is 97.7 Å². The number of hydrogen-bond donors (Lipinski definition) is 2. The first kappa shape index (κ1) is 11.6. The van der Waals surface area contributed by atoms with E-state index in [2.05, 4.69) is 12.2 Å². The molecule has 2 N–H and O–H groups in total. The fourth-order valence-electron chi connectivity index (χ4n) is 2.52. The number of nitrogens with one attached hydrogen (secondary N) is 1. The molecule has 16 heavy (non-hydrogen) atoms. The van der Waals surface area contributed by atoms with E-state index in [1.165, 1.54) is 6.42 Å². The molecule has 2 nitrogen and oxygen atoms in total. The maximum absolute atomic E-state index is 10.2. The SMILES string of the molecule is C[C@H]1CNCC[C@@H]1C[C@H](O)c1ccccc1. The molecule has 0 radical (unpaired) electrons. The van der Waals surface area contributed by atoms with Gasteiger partial charge in [0.25, 0.3) is 0 Å². The molecule has 1 aliphatic rings. The van der Waals surface area contributed by atoms with Gasteiger partial charge in [-0.05, 0) is 43.3 Å². The average Bonchev–Trinajstić information content (AvgIpc) is 2.33. The summed E-state index contributed by atoms with van der Waals surface area (Å²) in [4.78, 5) is 0. The van der Waals surface area contributed by atoms with Crippen LogP contribution in [0.1, 0.15) is 31.4 Å². The minimum absolute atomic E-state index is 0.299. The first-order chi connectivity index (χ1) is 7.77. The molecule has 0 saturated carbocycles. The van der Waals surface area contributed by atoms with Gasteiger partial charge in [0.05, 0.1) is 6.10 Å². The van der Waals surface area contributed by atoms with Crippen LogP contribution in [0.5, 0.6) is 0 Å². The van der Waals surface area contributed by atoms with Crippen LogP contribution in [0.3, 0.4) is 0 Å². The van der Waals surface area contributed by atoms with Gasteiger partial charge in [-0.1, -0.05) is 37.3 Å². The van der Waals surface area contributed by atoms with Crippen molar-refractivity contribution in [3.63, 3.8) is 0 Å². The van der Waals surface area contributed by atoms with Crippen LogP contribution in [0.2, 0.25) is 0 Å². The molecule has 1 aliphatic heterocycles. The fraction of sp³-hybridized carbons (Fsp3) is 0.571. The van der Waals surface area contributed by atoms with Gasteiger partial charge < -0.3 is 10.4 Å². The van der Waals surface area contributed by atoms with Crippen LogP contribution in [-0.4, -0.2) is 18.2 Å². The summed E-state index contributed by atoms with van der Waals surface area (Å²) in [7, 11) is 0. The smallest absolute Gasteiger partial charge is 0.0792 e. The summed E-state index contributed by atoms with van der Waals surface area (Å²) in [6.07, 6.45) is 1.78. The van der Waals surface area contributed by atoms with E-state index in [4.69, 9.17) is 0 Å². The molecule has 0 unspecified atom stereocenters. The molecule has 1 aromatic carbocycles. The molecule has 3 atom stereocenters. The minimum atomic E-state index is -0.299. The third-order valence-corrected chi connectivity index (χ3v) is 3.67. The zero-order valence-corrected chi connectivity index (χ0v) is 9.89. The van der Waals surface area contributed by atoms with Crippen LogP contribution >= 0.6 is 0 Å². The number of rotatable bonds is 3. The van der Waals surface area contributed by atoms with Crippen molar-refractivity contribution in [3.05, 3.63) is 35.9 Å². The lowest BCUT2D eigenvalue weighted by atomic mass is 9.82. The number of aliphatic hydroxyl groups excluding tert-OH is 1. The Balaban J connectivity index is 1.94. The molecular weight excluding hydrogens is 198 g/mol. The zero-order chi connectivity index (χ0) is 11.4. The van der Waals surface area contributed by atoms with Crippen LogP contribution in [-0.2, 0) is 0 Å². The molecular formula is C14H21NO. The lowest BCUT2D eigenvalue weighted by Crippen LogP contribution is -2.35. The molecule has 88 valence electrons. The van der Waals surface area contributed by atoms with Gasteiger partial charge in [-0.25, -0.2) is 0 Å². The van der Waals surface area contributed by atoms with E-state index in [-0.39, 0.29) is 6.10 Å². The normalized spacial score (nSPS) is 27.6. The lowest BCUT2D eigenvalue weighted by molar-refractivity contribution is 0.115. The topological polar surface area (TPSA) is 32.3 Å². The summed E-state index contributed by atoms with van der Waals surface area (Å²) in [5, 5.41) is 13.6. The molecule has 1 fully saturated rings. The molecule has 0 bridgehead atoms. The van der Waals surface area contributed by atoms with Gasteiger partial charge in [-0.2, -0.15) is 0 Å². The molecule has 0 aliphatic carbocycles. The Morgan fingerprint density at radius 1 is 1.38 bits per heavy atom. The number of hydrogen-bond acceptors (Lipinski definition) is 2. The van der Waals surface area contributed by atoms with E-state index < -0.39 is 0 Å². The van der Waals surface area contributed by atoms with E-state index in [1.807, 2.05) is 30.3 Å². The molecule has 1 aromatic rings. The Kier molecular flexibility index (Phi) is 3.97. The van der Waals surface area contributed by atoms with Crippen molar-refractivity contribution in [2.75, 3.05) is 13.1 Å². The summed E-state index contributed by atoms with van der Waals surface area (Å²) >= 11 is 0. The van der Waals surface area contributed by atoms with Gasteiger partial charge in [0, 0.05) is 0 Å². The maximum Gasteiger partial charge on any atom is 0.0792 e. The highest BCUT2D eigenvalue weighted by Crippen LogP contribution is 2.29. The van der Waals surface area contributed by atoms with E-state index in [0.29, 0.717) is 11.8 Å². The van der Waals surface area contributed by atoms with Crippen LogP contribution in [0.25, 0.3) is 0 Å². The first-order valence-corrected chi connectivity index (χ1v) is 6.21. The second kappa shape index (κ2) is 5.46.